The van der Waals surface area contributed by atoms with Crippen LogP contribution in [0.1, 0.15) is 33.6 Å². The first-order chi connectivity index (χ1) is 11.7. The molecule has 0 bridgehead atoms. The summed E-state index contributed by atoms with van der Waals surface area (Å²) in [5.41, 5.74) is 0.0570. The molecule has 5 nitrogen and oxygen atoms in total. The van der Waals surface area contributed by atoms with Crippen LogP contribution in [0.15, 0.2) is 24.3 Å². The molecule has 0 atom stereocenters. The molecule has 1 fully saturated rings. The summed E-state index contributed by atoms with van der Waals surface area (Å²) < 4.78 is 34.8. The van der Waals surface area contributed by atoms with Gasteiger partial charge in [0.05, 0.1) is 5.69 Å². The second kappa shape index (κ2) is 8.36. The van der Waals surface area contributed by atoms with Gasteiger partial charge in [-0.15, -0.1) is 0 Å². The summed E-state index contributed by atoms with van der Waals surface area (Å²) >= 11 is 0. The molecule has 1 aliphatic heterocycles. The van der Waals surface area contributed by atoms with Crippen LogP contribution in [0.3, 0.4) is 0 Å². The quantitative estimate of drug-likeness (QED) is 0.852. The van der Waals surface area contributed by atoms with Crippen molar-refractivity contribution in [3.63, 3.8) is 0 Å². The molecule has 140 valence electrons. The number of nitrogens with zero attached hydrogens (tertiary/aromatic N) is 1. The monoisotopic (exact) mass is 356 g/mol. The highest BCUT2D eigenvalue weighted by Gasteiger charge is 2.26. The summed E-state index contributed by atoms with van der Waals surface area (Å²) in [4.78, 5) is 13.8. The number of likely N-dealkylation sites (tertiary alicyclic amines) is 1. The lowest BCUT2D eigenvalue weighted by Gasteiger charge is -2.33. The van der Waals surface area contributed by atoms with Crippen LogP contribution in [0.5, 0.6) is 5.75 Å². The third kappa shape index (κ3) is 6.40. The minimum atomic E-state index is -2.85. The lowest BCUT2D eigenvalue weighted by atomic mass is 9.97. The number of carbonyl (C=O) groups is 1. The van der Waals surface area contributed by atoms with Gasteiger partial charge in [-0.1, -0.05) is 12.1 Å². The Kier molecular flexibility index (Phi) is 6.45. The number of rotatable bonds is 5. The molecule has 0 aromatic heterocycles. The Bertz CT molecular complexity index is 568. The van der Waals surface area contributed by atoms with Gasteiger partial charge in [-0.2, -0.15) is 8.78 Å². The van der Waals surface area contributed by atoms with Gasteiger partial charge in [0.1, 0.15) is 11.4 Å². The highest BCUT2D eigenvalue weighted by Crippen LogP contribution is 2.27. The van der Waals surface area contributed by atoms with Crippen LogP contribution in [-0.2, 0) is 4.74 Å². The van der Waals surface area contributed by atoms with Gasteiger partial charge < -0.3 is 19.7 Å². The van der Waals surface area contributed by atoms with Gasteiger partial charge in [-0.3, -0.25) is 0 Å². The smallest absolute Gasteiger partial charge is 0.410 e. The molecule has 0 spiro atoms. The maximum atomic E-state index is 12.4. The molecule has 0 aliphatic carbocycles. The average molecular weight is 356 g/mol. The van der Waals surface area contributed by atoms with E-state index in [1.165, 1.54) is 6.07 Å². The minimum Gasteiger partial charge on any atom is -0.444 e. The number of halogens is 2. The molecule has 0 radical (unpaired) electrons. The van der Waals surface area contributed by atoms with Gasteiger partial charge in [0.25, 0.3) is 0 Å². The van der Waals surface area contributed by atoms with Crippen molar-refractivity contribution >= 4 is 11.8 Å². The van der Waals surface area contributed by atoms with Crippen molar-refractivity contribution in [1.29, 1.82) is 0 Å². The molecule has 1 aliphatic rings. The van der Waals surface area contributed by atoms with Crippen molar-refractivity contribution in [2.45, 2.75) is 45.8 Å². The summed E-state index contributed by atoms with van der Waals surface area (Å²) in [7, 11) is 0. The van der Waals surface area contributed by atoms with E-state index in [9.17, 15) is 13.6 Å². The maximum absolute atomic E-state index is 12.4. The van der Waals surface area contributed by atoms with Crippen LogP contribution in [0.2, 0.25) is 0 Å². The van der Waals surface area contributed by atoms with E-state index in [-0.39, 0.29) is 11.8 Å². The number of amides is 1. The molecule has 1 amide bonds. The van der Waals surface area contributed by atoms with E-state index in [0.717, 1.165) is 12.8 Å². The maximum Gasteiger partial charge on any atom is 0.410 e. The Morgan fingerprint density at radius 2 is 1.92 bits per heavy atom. The Morgan fingerprint density at radius 1 is 1.28 bits per heavy atom. The second-order valence-corrected chi connectivity index (χ2v) is 7.17. The van der Waals surface area contributed by atoms with Gasteiger partial charge in [-0.25, -0.2) is 4.79 Å². The zero-order chi connectivity index (χ0) is 18.4. The summed E-state index contributed by atoms with van der Waals surface area (Å²) in [6, 6.07) is 6.65. The van der Waals surface area contributed by atoms with E-state index in [4.69, 9.17) is 4.74 Å². The van der Waals surface area contributed by atoms with Gasteiger partial charge in [-0.05, 0) is 51.7 Å². The van der Waals surface area contributed by atoms with Crippen LogP contribution < -0.4 is 10.1 Å². The van der Waals surface area contributed by atoms with Crippen molar-refractivity contribution in [3.8, 4) is 5.75 Å². The Morgan fingerprint density at radius 3 is 2.52 bits per heavy atom. The molecule has 25 heavy (non-hydrogen) atoms. The number of ether oxygens (including phenoxy) is 2. The molecule has 0 saturated carbocycles. The topological polar surface area (TPSA) is 50.8 Å². The summed E-state index contributed by atoms with van der Waals surface area (Å²) in [5, 5.41) is 3.18. The van der Waals surface area contributed by atoms with E-state index in [2.05, 4.69) is 10.1 Å². The standard InChI is InChI=1S/C18H26F2N2O3/c1-18(2,3)25-17(23)22-10-8-13(9-11-22)12-21-14-6-4-5-7-15(14)24-16(19)20/h4-7,13,16,21H,8-12H2,1-3H3. The van der Waals surface area contributed by atoms with E-state index >= 15 is 0 Å². The average Bonchev–Trinajstić information content (AvgIpc) is 2.52. The van der Waals surface area contributed by atoms with Crippen LogP contribution in [0.4, 0.5) is 19.3 Å². The van der Waals surface area contributed by atoms with E-state index < -0.39 is 12.2 Å². The largest absolute Gasteiger partial charge is 0.444 e. The lowest BCUT2D eigenvalue weighted by Crippen LogP contribution is -2.42. The van der Waals surface area contributed by atoms with Crippen LogP contribution in [-0.4, -0.2) is 42.8 Å². The number of hydrogen-bond donors (Lipinski definition) is 1. The third-order valence-corrected chi connectivity index (χ3v) is 3.95. The normalized spacial score (nSPS) is 16.0. The van der Waals surface area contributed by atoms with Gasteiger partial charge in [0, 0.05) is 19.6 Å². The van der Waals surface area contributed by atoms with Crippen molar-refractivity contribution in [2.24, 2.45) is 5.92 Å². The fourth-order valence-electron chi connectivity index (χ4n) is 2.71. The molecular weight excluding hydrogens is 330 g/mol. The van der Waals surface area contributed by atoms with E-state index in [1.807, 2.05) is 20.8 Å². The second-order valence-electron chi connectivity index (χ2n) is 7.17. The van der Waals surface area contributed by atoms with E-state index in [0.29, 0.717) is 31.2 Å². The fraction of sp³-hybridized carbons (Fsp3) is 0.611. The lowest BCUT2D eigenvalue weighted by molar-refractivity contribution is -0.0493. The highest BCUT2D eigenvalue weighted by molar-refractivity contribution is 5.68. The van der Waals surface area contributed by atoms with Crippen LogP contribution in [0, 0.1) is 5.92 Å². The molecule has 2 rings (SSSR count). The molecule has 1 aromatic carbocycles. The zero-order valence-corrected chi connectivity index (χ0v) is 14.9. The van der Waals surface area contributed by atoms with Crippen molar-refractivity contribution in [3.05, 3.63) is 24.3 Å². The number of alkyl halides is 2. The molecule has 1 heterocycles. The van der Waals surface area contributed by atoms with Gasteiger partial charge >= 0.3 is 12.7 Å². The minimum absolute atomic E-state index is 0.142. The van der Waals surface area contributed by atoms with E-state index in [1.54, 1.807) is 23.1 Å². The number of nitrogens with one attached hydrogen (secondary N) is 1. The van der Waals surface area contributed by atoms with Crippen molar-refractivity contribution < 1.29 is 23.0 Å². The summed E-state index contributed by atoms with van der Waals surface area (Å²) in [6.45, 7) is 4.61. The number of para-hydroxylation sites is 2. The van der Waals surface area contributed by atoms with Crippen LogP contribution >= 0.6 is 0 Å². The number of carbonyl (C=O) groups excluding carboxylic acids is 1. The predicted octanol–water partition coefficient (Wildman–Crippen LogP) is 4.35. The Hall–Kier alpha value is -2.05. The number of hydrogen-bond acceptors (Lipinski definition) is 4. The number of piperidine rings is 1. The first kappa shape index (κ1) is 19.3. The van der Waals surface area contributed by atoms with Crippen LogP contribution in [0.25, 0.3) is 0 Å². The molecule has 0 unspecified atom stereocenters. The fourth-order valence-corrected chi connectivity index (χ4v) is 2.71. The predicted molar refractivity (Wildman–Crippen MR) is 92.1 cm³/mol. The first-order valence-corrected chi connectivity index (χ1v) is 8.50. The summed E-state index contributed by atoms with van der Waals surface area (Å²) in [5.74, 6) is 0.502. The molecule has 7 heteroatoms. The molecule has 1 saturated heterocycles. The highest BCUT2D eigenvalue weighted by atomic mass is 19.3. The number of benzene rings is 1. The van der Waals surface area contributed by atoms with Gasteiger partial charge in [0.15, 0.2) is 0 Å². The molecular formula is C18H26F2N2O3. The van der Waals surface area contributed by atoms with Crippen molar-refractivity contribution in [1.82, 2.24) is 4.90 Å². The Labute approximate surface area is 147 Å². The molecule has 1 aromatic rings. The SMILES string of the molecule is CC(C)(C)OC(=O)N1CCC(CNc2ccccc2OC(F)F)CC1. The zero-order valence-electron chi connectivity index (χ0n) is 14.9. The summed E-state index contributed by atoms with van der Waals surface area (Å²) in [6.07, 6.45) is 1.39. The first-order valence-electron chi connectivity index (χ1n) is 8.50. The Balaban J connectivity index is 1.80. The third-order valence-electron chi connectivity index (χ3n) is 3.95. The molecule has 1 N–H and O–H groups in total. The van der Waals surface area contributed by atoms with Gasteiger partial charge in [0.2, 0.25) is 0 Å². The van der Waals surface area contributed by atoms with Crippen molar-refractivity contribution in [2.75, 3.05) is 25.0 Å². The number of anilines is 1.